The Bertz CT molecular complexity index is 337. The second kappa shape index (κ2) is 6.02. The van der Waals surface area contributed by atoms with Gasteiger partial charge in [-0.1, -0.05) is 34.1 Å². The fraction of sp³-hybridized carbons (Fsp3) is 0.300. The number of nitrogens with zero attached hydrogens (tertiary/aromatic N) is 1. The monoisotopic (exact) mass is 273 g/mol. The van der Waals surface area contributed by atoms with Crippen LogP contribution >= 0.6 is 27.5 Å². The molecule has 0 saturated heterocycles. The van der Waals surface area contributed by atoms with Crippen molar-refractivity contribution in [3.05, 3.63) is 34.3 Å². The fourth-order valence-electron chi connectivity index (χ4n) is 0.925. The van der Waals surface area contributed by atoms with Crippen LogP contribution in [0.2, 0.25) is 0 Å². The zero-order valence-electron chi connectivity index (χ0n) is 7.41. The first-order chi connectivity index (χ1) is 6.74. The fourth-order valence-corrected chi connectivity index (χ4v) is 1.41. The largest absolute Gasteiger partial charge is 0.374 e. The van der Waals surface area contributed by atoms with E-state index in [1.165, 1.54) is 0 Å². The van der Waals surface area contributed by atoms with Crippen molar-refractivity contribution in [2.45, 2.75) is 12.0 Å². The SMILES string of the molecule is N#CC(Cl)COCc1ccccc1Br. The molecule has 1 atom stereocenters. The molecule has 1 rings (SSSR count). The molecule has 0 aromatic heterocycles. The molecule has 4 heteroatoms. The van der Waals surface area contributed by atoms with E-state index in [1.54, 1.807) is 0 Å². The molecule has 0 heterocycles. The van der Waals surface area contributed by atoms with Crippen molar-refractivity contribution in [3.63, 3.8) is 0 Å². The second-order valence-electron chi connectivity index (χ2n) is 2.70. The van der Waals surface area contributed by atoms with E-state index in [2.05, 4.69) is 15.9 Å². The predicted octanol–water partition coefficient (Wildman–Crippen LogP) is 3.10. The topological polar surface area (TPSA) is 33.0 Å². The van der Waals surface area contributed by atoms with Gasteiger partial charge in [0.15, 0.2) is 0 Å². The molecule has 0 N–H and O–H groups in total. The van der Waals surface area contributed by atoms with Crippen molar-refractivity contribution in [1.82, 2.24) is 0 Å². The predicted molar refractivity (Wildman–Crippen MR) is 59.1 cm³/mol. The summed E-state index contributed by atoms with van der Waals surface area (Å²) in [5, 5.41) is 7.84. The van der Waals surface area contributed by atoms with Crippen molar-refractivity contribution in [1.29, 1.82) is 5.26 Å². The Labute approximate surface area is 96.6 Å². The molecule has 0 aliphatic carbocycles. The van der Waals surface area contributed by atoms with E-state index in [0.717, 1.165) is 10.0 Å². The lowest BCUT2D eigenvalue weighted by molar-refractivity contribution is 0.127. The maximum atomic E-state index is 8.42. The standard InChI is InChI=1S/C10H9BrClNO/c11-10-4-2-1-3-8(10)6-14-7-9(12)5-13/h1-4,9H,6-7H2. The van der Waals surface area contributed by atoms with E-state index in [4.69, 9.17) is 21.6 Å². The van der Waals surface area contributed by atoms with Gasteiger partial charge in [0.05, 0.1) is 19.3 Å². The lowest BCUT2D eigenvalue weighted by atomic mass is 10.2. The van der Waals surface area contributed by atoms with Gasteiger partial charge in [0.2, 0.25) is 0 Å². The number of nitriles is 1. The van der Waals surface area contributed by atoms with Gasteiger partial charge in [-0.25, -0.2) is 0 Å². The summed E-state index contributed by atoms with van der Waals surface area (Å²) in [5.74, 6) is 0. The molecule has 0 aliphatic heterocycles. The van der Waals surface area contributed by atoms with Gasteiger partial charge in [0.25, 0.3) is 0 Å². The van der Waals surface area contributed by atoms with Gasteiger partial charge in [0.1, 0.15) is 5.38 Å². The molecule has 1 unspecified atom stereocenters. The number of benzene rings is 1. The lowest BCUT2D eigenvalue weighted by Gasteiger charge is -2.05. The highest BCUT2D eigenvalue weighted by molar-refractivity contribution is 9.10. The van der Waals surface area contributed by atoms with Gasteiger partial charge in [-0.05, 0) is 11.6 Å². The molecule has 2 nitrogen and oxygen atoms in total. The second-order valence-corrected chi connectivity index (χ2v) is 4.08. The summed E-state index contributed by atoms with van der Waals surface area (Å²) in [5.41, 5.74) is 1.05. The molecular formula is C10H9BrClNO. The van der Waals surface area contributed by atoms with E-state index >= 15 is 0 Å². The first-order valence-electron chi connectivity index (χ1n) is 4.09. The summed E-state index contributed by atoms with van der Waals surface area (Å²) < 4.78 is 6.27. The average Bonchev–Trinajstić information content (AvgIpc) is 2.20. The number of alkyl halides is 1. The summed E-state index contributed by atoms with van der Waals surface area (Å²) in [6, 6.07) is 9.67. The Balaban J connectivity index is 2.40. The van der Waals surface area contributed by atoms with Crippen LogP contribution in [-0.2, 0) is 11.3 Å². The summed E-state index contributed by atoms with van der Waals surface area (Å²) in [7, 11) is 0. The molecule has 0 bridgehead atoms. The molecule has 0 spiro atoms. The third-order valence-electron chi connectivity index (χ3n) is 1.62. The van der Waals surface area contributed by atoms with E-state index in [-0.39, 0.29) is 6.61 Å². The van der Waals surface area contributed by atoms with Crippen LogP contribution in [0, 0.1) is 11.3 Å². The lowest BCUT2D eigenvalue weighted by Crippen LogP contribution is -2.06. The molecule has 0 saturated carbocycles. The molecule has 74 valence electrons. The highest BCUT2D eigenvalue weighted by atomic mass is 79.9. The summed E-state index contributed by atoms with van der Waals surface area (Å²) in [6.07, 6.45) is 0. The van der Waals surface area contributed by atoms with Crippen LogP contribution in [0.25, 0.3) is 0 Å². The third kappa shape index (κ3) is 3.67. The molecule has 0 amide bonds. The van der Waals surface area contributed by atoms with E-state index < -0.39 is 5.38 Å². The number of rotatable bonds is 4. The van der Waals surface area contributed by atoms with Crippen LogP contribution in [0.15, 0.2) is 28.7 Å². The maximum absolute atomic E-state index is 8.42. The number of halogens is 2. The third-order valence-corrected chi connectivity index (χ3v) is 2.62. The van der Waals surface area contributed by atoms with E-state index in [9.17, 15) is 0 Å². The summed E-state index contributed by atoms with van der Waals surface area (Å²) in [6.45, 7) is 0.714. The molecule has 1 aromatic rings. The van der Waals surface area contributed by atoms with Crippen LogP contribution in [-0.4, -0.2) is 12.0 Å². The highest BCUT2D eigenvalue weighted by Crippen LogP contribution is 2.16. The van der Waals surface area contributed by atoms with Gasteiger partial charge < -0.3 is 4.74 Å². The minimum Gasteiger partial charge on any atom is -0.374 e. The van der Waals surface area contributed by atoms with E-state index in [1.807, 2.05) is 30.3 Å². The van der Waals surface area contributed by atoms with Crippen LogP contribution in [0.1, 0.15) is 5.56 Å². The Hall–Kier alpha value is -0.560. The molecule has 0 aliphatic rings. The van der Waals surface area contributed by atoms with Crippen molar-refractivity contribution in [2.75, 3.05) is 6.61 Å². The number of hydrogen-bond acceptors (Lipinski definition) is 2. The Kier molecular flexibility index (Phi) is 4.95. The average molecular weight is 275 g/mol. The first-order valence-corrected chi connectivity index (χ1v) is 5.32. The Morgan fingerprint density at radius 1 is 1.50 bits per heavy atom. The van der Waals surface area contributed by atoms with Crippen molar-refractivity contribution in [2.24, 2.45) is 0 Å². The minimum absolute atomic E-state index is 0.249. The van der Waals surface area contributed by atoms with Crippen molar-refractivity contribution in [3.8, 4) is 6.07 Å². The molecule has 0 fully saturated rings. The summed E-state index contributed by atoms with van der Waals surface area (Å²) in [4.78, 5) is 0. The molecule has 1 aromatic carbocycles. The van der Waals surface area contributed by atoms with Gasteiger partial charge in [0, 0.05) is 4.47 Å². The first kappa shape index (κ1) is 11.5. The van der Waals surface area contributed by atoms with Gasteiger partial charge in [-0.3, -0.25) is 0 Å². The van der Waals surface area contributed by atoms with Gasteiger partial charge >= 0.3 is 0 Å². The van der Waals surface area contributed by atoms with Crippen LogP contribution < -0.4 is 0 Å². The maximum Gasteiger partial charge on any atom is 0.143 e. The molecule has 14 heavy (non-hydrogen) atoms. The molecule has 0 radical (unpaired) electrons. The summed E-state index contributed by atoms with van der Waals surface area (Å²) >= 11 is 8.98. The smallest absolute Gasteiger partial charge is 0.143 e. The highest BCUT2D eigenvalue weighted by Gasteiger charge is 2.03. The minimum atomic E-state index is -0.572. The van der Waals surface area contributed by atoms with Gasteiger partial charge in [-0.2, -0.15) is 5.26 Å². The number of ether oxygens (including phenoxy) is 1. The zero-order valence-corrected chi connectivity index (χ0v) is 9.75. The normalized spacial score (nSPS) is 12.1. The quantitative estimate of drug-likeness (QED) is 0.791. The Morgan fingerprint density at radius 2 is 2.21 bits per heavy atom. The number of hydrogen-bond donors (Lipinski definition) is 0. The Morgan fingerprint density at radius 3 is 2.86 bits per heavy atom. The van der Waals surface area contributed by atoms with Crippen LogP contribution in [0.4, 0.5) is 0 Å². The van der Waals surface area contributed by atoms with Crippen LogP contribution in [0.3, 0.4) is 0 Å². The van der Waals surface area contributed by atoms with Crippen LogP contribution in [0.5, 0.6) is 0 Å². The van der Waals surface area contributed by atoms with Crippen molar-refractivity contribution >= 4 is 27.5 Å². The van der Waals surface area contributed by atoms with Gasteiger partial charge in [-0.15, -0.1) is 11.6 Å². The zero-order chi connectivity index (χ0) is 10.4. The molecular weight excluding hydrogens is 265 g/mol. The van der Waals surface area contributed by atoms with E-state index in [0.29, 0.717) is 6.61 Å². The van der Waals surface area contributed by atoms with Crippen molar-refractivity contribution < 1.29 is 4.74 Å².